The summed E-state index contributed by atoms with van der Waals surface area (Å²) in [6, 6.07) is 7.45. The van der Waals surface area contributed by atoms with Gasteiger partial charge in [0.1, 0.15) is 12.1 Å². The fraction of sp³-hybridized carbons (Fsp3) is 0. The molecule has 1 aromatic carbocycles. The Morgan fingerprint density at radius 1 is 1.24 bits per heavy atom. The fourth-order valence-corrected chi connectivity index (χ4v) is 1.77. The number of hydrogen-bond donors (Lipinski definition) is 2. The van der Waals surface area contributed by atoms with Crippen LogP contribution >= 0.6 is 0 Å². The van der Waals surface area contributed by atoms with Crippen LogP contribution in [0.3, 0.4) is 0 Å². The van der Waals surface area contributed by atoms with E-state index in [1.54, 1.807) is 18.3 Å². The standard InChI is InChI=1S/C10H9N3O3S/c14-17(15,16)9-3-1-2-8(6-9)13-10-4-5-11-7-12-10/h1-7H,(H,11,12,13)(H,14,15,16). The van der Waals surface area contributed by atoms with Crippen LogP contribution in [0.25, 0.3) is 0 Å². The predicted molar refractivity (Wildman–Crippen MR) is 61.6 cm³/mol. The van der Waals surface area contributed by atoms with Gasteiger partial charge in [0.15, 0.2) is 0 Å². The first-order valence-corrected chi connectivity index (χ1v) is 6.10. The van der Waals surface area contributed by atoms with Crippen LogP contribution in [-0.4, -0.2) is 22.9 Å². The summed E-state index contributed by atoms with van der Waals surface area (Å²) >= 11 is 0. The molecule has 1 heterocycles. The molecule has 0 bridgehead atoms. The van der Waals surface area contributed by atoms with E-state index in [4.69, 9.17) is 4.55 Å². The second-order valence-electron chi connectivity index (χ2n) is 3.22. The van der Waals surface area contributed by atoms with E-state index in [-0.39, 0.29) is 4.90 Å². The van der Waals surface area contributed by atoms with Gasteiger partial charge in [-0.25, -0.2) is 9.97 Å². The molecule has 6 nitrogen and oxygen atoms in total. The summed E-state index contributed by atoms with van der Waals surface area (Å²) in [4.78, 5) is 7.52. The first-order valence-electron chi connectivity index (χ1n) is 4.66. The predicted octanol–water partition coefficient (Wildman–Crippen LogP) is 1.47. The first-order chi connectivity index (χ1) is 8.05. The van der Waals surface area contributed by atoms with Gasteiger partial charge >= 0.3 is 0 Å². The average molecular weight is 251 g/mol. The quantitative estimate of drug-likeness (QED) is 0.802. The van der Waals surface area contributed by atoms with Crippen molar-refractivity contribution in [3.05, 3.63) is 42.9 Å². The summed E-state index contributed by atoms with van der Waals surface area (Å²) in [7, 11) is -4.19. The van der Waals surface area contributed by atoms with Gasteiger partial charge in [0.25, 0.3) is 10.1 Å². The largest absolute Gasteiger partial charge is 0.340 e. The van der Waals surface area contributed by atoms with E-state index < -0.39 is 10.1 Å². The van der Waals surface area contributed by atoms with Crippen molar-refractivity contribution < 1.29 is 13.0 Å². The maximum absolute atomic E-state index is 10.9. The molecule has 0 unspecified atom stereocenters. The molecular formula is C10H9N3O3S. The Morgan fingerprint density at radius 2 is 2.06 bits per heavy atom. The lowest BCUT2D eigenvalue weighted by Crippen LogP contribution is -1.99. The van der Waals surface area contributed by atoms with E-state index in [1.807, 2.05) is 0 Å². The van der Waals surface area contributed by atoms with Gasteiger partial charge in [-0.3, -0.25) is 4.55 Å². The molecule has 0 spiro atoms. The number of aromatic nitrogens is 2. The van der Waals surface area contributed by atoms with E-state index >= 15 is 0 Å². The van der Waals surface area contributed by atoms with Crippen molar-refractivity contribution in [2.24, 2.45) is 0 Å². The first kappa shape index (κ1) is 11.5. The lowest BCUT2D eigenvalue weighted by atomic mass is 10.3. The molecule has 0 aliphatic rings. The second kappa shape index (κ2) is 4.48. The highest BCUT2D eigenvalue weighted by atomic mass is 32.2. The lowest BCUT2D eigenvalue weighted by molar-refractivity contribution is 0.483. The van der Waals surface area contributed by atoms with Crippen molar-refractivity contribution in [3.63, 3.8) is 0 Å². The molecule has 0 amide bonds. The Bertz CT molecular complexity index is 614. The molecule has 2 rings (SSSR count). The van der Waals surface area contributed by atoms with Crippen molar-refractivity contribution in [2.45, 2.75) is 4.90 Å². The Hall–Kier alpha value is -1.99. The summed E-state index contributed by atoms with van der Waals surface area (Å²) < 4.78 is 30.8. The highest BCUT2D eigenvalue weighted by Crippen LogP contribution is 2.18. The highest BCUT2D eigenvalue weighted by molar-refractivity contribution is 7.85. The molecule has 7 heteroatoms. The molecule has 0 atom stereocenters. The Morgan fingerprint density at radius 3 is 2.71 bits per heavy atom. The van der Waals surface area contributed by atoms with Crippen LogP contribution < -0.4 is 5.32 Å². The Balaban J connectivity index is 2.29. The average Bonchev–Trinajstić information content (AvgIpc) is 2.29. The number of rotatable bonds is 3. The maximum atomic E-state index is 10.9. The summed E-state index contributed by atoms with van der Waals surface area (Å²) in [5, 5.41) is 2.89. The van der Waals surface area contributed by atoms with E-state index in [0.29, 0.717) is 11.5 Å². The zero-order valence-electron chi connectivity index (χ0n) is 8.61. The van der Waals surface area contributed by atoms with Gasteiger partial charge in [0, 0.05) is 11.9 Å². The highest BCUT2D eigenvalue weighted by Gasteiger charge is 2.09. The number of nitrogens with one attached hydrogen (secondary N) is 1. The van der Waals surface area contributed by atoms with Crippen molar-refractivity contribution in [3.8, 4) is 0 Å². The molecule has 0 saturated heterocycles. The van der Waals surface area contributed by atoms with Gasteiger partial charge < -0.3 is 5.32 Å². The maximum Gasteiger partial charge on any atom is 0.294 e. The van der Waals surface area contributed by atoms with Crippen LogP contribution in [0.15, 0.2) is 47.8 Å². The molecule has 1 aromatic heterocycles. The zero-order valence-corrected chi connectivity index (χ0v) is 9.42. The van der Waals surface area contributed by atoms with Crippen LogP contribution in [0.5, 0.6) is 0 Å². The Labute approximate surface area is 98.1 Å². The van der Waals surface area contributed by atoms with Crippen molar-refractivity contribution in [2.75, 3.05) is 5.32 Å². The van der Waals surface area contributed by atoms with Crippen molar-refractivity contribution in [1.29, 1.82) is 0 Å². The third kappa shape index (κ3) is 2.99. The molecule has 0 aliphatic heterocycles. The van der Waals surface area contributed by atoms with Crippen molar-refractivity contribution in [1.82, 2.24) is 9.97 Å². The van der Waals surface area contributed by atoms with Crippen molar-refractivity contribution >= 4 is 21.6 Å². The number of anilines is 2. The number of hydrogen-bond acceptors (Lipinski definition) is 5. The third-order valence-corrected chi connectivity index (χ3v) is 2.84. The van der Waals surface area contributed by atoms with Crippen LogP contribution in [0.4, 0.5) is 11.5 Å². The molecule has 2 N–H and O–H groups in total. The summed E-state index contributed by atoms with van der Waals surface area (Å²) in [6.45, 7) is 0. The summed E-state index contributed by atoms with van der Waals surface area (Å²) in [6.07, 6.45) is 2.93. The third-order valence-electron chi connectivity index (χ3n) is 1.99. The normalized spacial score (nSPS) is 11.1. The van der Waals surface area contributed by atoms with Crippen LogP contribution in [0, 0.1) is 0 Å². The number of nitrogens with zero attached hydrogens (tertiary/aromatic N) is 2. The van der Waals surface area contributed by atoms with Gasteiger partial charge in [0.2, 0.25) is 0 Å². The molecule has 0 radical (unpaired) electrons. The smallest absolute Gasteiger partial charge is 0.294 e. The topological polar surface area (TPSA) is 92.2 Å². The van der Waals surface area contributed by atoms with Gasteiger partial charge in [-0.05, 0) is 24.3 Å². The summed E-state index contributed by atoms with van der Waals surface area (Å²) in [5.41, 5.74) is 0.513. The molecule has 0 aliphatic carbocycles. The van der Waals surface area contributed by atoms with Crippen LogP contribution in [0.1, 0.15) is 0 Å². The van der Waals surface area contributed by atoms with Gasteiger partial charge in [-0.15, -0.1) is 0 Å². The molecule has 0 saturated carbocycles. The molecule has 2 aromatic rings. The van der Waals surface area contributed by atoms with Crippen LogP contribution in [0.2, 0.25) is 0 Å². The monoisotopic (exact) mass is 251 g/mol. The zero-order chi connectivity index (χ0) is 12.3. The SMILES string of the molecule is O=S(=O)(O)c1cccc(Nc2ccncn2)c1. The fourth-order valence-electron chi connectivity index (χ4n) is 1.25. The molecular weight excluding hydrogens is 242 g/mol. The minimum atomic E-state index is -4.19. The summed E-state index contributed by atoms with van der Waals surface area (Å²) in [5.74, 6) is 0.535. The van der Waals surface area contributed by atoms with E-state index in [0.717, 1.165) is 0 Å². The second-order valence-corrected chi connectivity index (χ2v) is 4.64. The van der Waals surface area contributed by atoms with E-state index in [9.17, 15) is 8.42 Å². The van der Waals surface area contributed by atoms with E-state index in [2.05, 4.69) is 15.3 Å². The molecule has 88 valence electrons. The van der Waals surface area contributed by atoms with Gasteiger partial charge in [0.05, 0.1) is 4.90 Å². The lowest BCUT2D eigenvalue weighted by Gasteiger charge is -2.05. The van der Waals surface area contributed by atoms with Crippen LogP contribution in [-0.2, 0) is 10.1 Å². The minimum absolute atomic E-state index is 0.170. The molecule has 0 fully saturated rings. The minimum Gasteiger partial charge on any atom is -0.340 e. The van der Waals surface area contributed by atoms with E-state index in [1.165, 1.54) is 24.5 Å². The molecule has 17 heavy (non-hydrogen) atoms. The van der Waals surface area contributed by atoms with Gasteiger partial charge in [-0.2, -0.15) is 8.42 Å². The van der Waals surface area contributed by atoms with Gasteiger partial charge in [-0.1, -0.05) is 6.07 Å². The number of benzene rings is 1. The Kier molecular flexibility index (Phi) is 3.03.